The van der Waals surface area contributed by atoms with Crippen molar-refractivity contribution in [1.29, 1.82) is 0 Å². The number of thiocarbonyl (C=S) groups is 1. The Kier molecular flexibility index (Phi) is 6.63. The van der Waals surface area contributed by atoms with Crippen molar-refractivity contribution in [2.75, 3.05) is 13.2 Å². The van der Waals surface area contributed by atoms with Crippen LogP contribution in [-0.2, 0) is 15.0 Å². The highest BCUT2D eigenvalue weighted by Crippen LogP contribution is 2.49. The molecule has 2 heterocycles. The summed E-state index contributed by atoms with van der Waals surface area (Å²) in [6.07, 6.45) is -4.99. The highest BCUT2D eigenvalue weighted by atomic mass is 35.5. The number of hydrogen-bond acceptors (Lipinski definition) is 4. The summed E-state index contributed by atoms with van der Waals surface area (Å²) >= 11 is 23.3. The summed E-state index contributed by atoms with van der Waals surface area (Å²) in [7, 11) is 0. The Labute approximate surface area is 207 Å². The monoisotopic (exact) mass is 535 g/mol. The van der Waals surface area contributed by atoms with Gasteiger partial charge in [0.1, 0.15) is 23.1 Å². The normalized spacial score (nSPS) is 22.8. The Hall–Kier alpha value is -1.91. The van der Waals surface area contributed by atoms with Crippen molar-refractivity contribution in [2.45, 2.75) is 24.1 Å². The Morgan fingerprint density at radius 1 is 1.18 bits per heavy atom. The Bertz CT molecular complexity index is 1130. The molecule has 0 radical (unpaired) electrons. The fourth-order valence-electron chi connectivity index (χ4n) is 3.71. The number of carbonyl (C=O) groups excluding carboxylic acids is 1. The standard InChI is InChI=1S/C21H15Cl3F3N3O2S/c22-13-5-12(6-14(23)17(13)24)20(21(25,26)27)7-15(28-9-20)10-1-3-11(4-2-10)19(33)29-16-8-32-30-18(16)31/h1-6,16H,7-9H2,(H,29,33)(H,30,31). The van der Waals surface area contributed by atoms with Gasteiger partial charge in [-0.15, -0.1) is 0 Å². The number of nitrogens with zero attached hydrogens (tertiary/aromatic N) is 1. The van der Waals surface area contributed by atoms with E-state index in [0.717, 1.165) is 0 Å². The van der Waals surface area contributed by atoms with Gasteiger partial charge in [0.05, 0.1) is 21.6 Å². The number of halogens is 6. The molecule has 2 unspecified atom stereocenters. The second kappa shape index (κ2) is 9.03. The number of benzene rings is 2. The van der Waals surface area contributed by atoms with Crippen LogP contribution in [0.2, 0.25) is 15.1 Å². The zero-order chi connectivity index (χ0) is 24.0. The third kappa shape index (κ3) is 4.57. The van der Waals surface area contributed by atoms with Crippen LogP contribution in [-0.4, -0.2) is 42.0 Å². The molecule has 2 aromatic rings. The highest BCUT2D eigenvalue weighted by Gasteiger charge is 2.58. The summed E-state index contributed by atoms with van der Waals surface area (Å²) in [5, 5.41) is 2.78. The van der Waals surface area contributed by atoms with Gasteiger partial charge in [0, 0.05) is 17.7 Å². The van der Waals surface area contributed by atoms with Gasteiger partial charge in [-0.2, -0.15) is 13.2 Å². The van der Waals surface area contributed by atoms with Crippen molar-refractivity contribution >= 4 is 63.6 Å². The fourth-order valence-corrected chi connectivity index (χ4v) is 4.58. The Morgan fingerprint density at radius 3 is 2.36 bits per heavy atom. The van der Waals surface area contributed by atoms with Crippen LogP contribution < -0.4 is 10.8 Å². The third-order valence-corrected chi connectivity index (χ3v) is 7.16. The van der Waals surface area contributed by atoms with Gasteiger partial charge in [0.2, 0.25) is 0 Å². The zero-order valence-electron chi connectivity index (χ0n) is 16.6. The summed E-state index contributed by atoms with van der Waals surface area (Å²) in [5.41, 5.74) is 1.29. The second-order valence-corrected chi connectivity index (χ2v) is 9.25. The lowest BCUT2D eigenvalue weighted by atomic mass is 9.76. The molecule has 0 aromatic heterocycles. The second-order valence-electron chi connectivity index (χ2n) is 7.65. The first-order valence-corrected chi connectivity index (χ1v) is 11.1. The molecule has 174 valence electrons. The topological polar surface area (TPSA) is 62.7 Å². The van der Waals surface area contributed by atoms with E-state index in [0.29, 0.717) is 21.8 Å². The first kappa shape index (κ1) is 24.2. The minimum absolute atomic E-state index is 0.000335. The van der Waals surface area contributed by atoms with E-state index in [1.807, 2.05) is 0 Å². The van der Waals surface area contributed by atoms with E-state index >= 15 is 0 Å². The zero-order valence-corrected chi connectivity index (χ0v) is 19.7. The van der Waals surface area contributed by atoms with Crippen LogP contribution in [0.4, 0.5) is 13.2 Å². The molecule has 5 nitrogen and oxygen atoms in total. The Balaban J connectivity index is 1.56. The average Bonchev–Trinajstić information content (AvgIpc) is 3.39. The van der Waals surface area contributed by atoms with Crippen LogP contribution >= 0.6 is 47.0 Å². The van der Waals surface area contributed by atoms with Gasteiger partial charge in [0.25, 0.3) is 5.91 Å². The SMILES string of the molecule is O=C1NOCC1NC(=S)c1ccc(C2=NCC(c3cc(Cl)c(Cl)c(Cl)c3)(C(F)(F)F)C2)cc1. The molecule has 0 spiro atoms. The van der Waals surface area contributed by atoms with Gasteiger partial charge >= 0.3 is 6.18 Å². The van der Waals surface area contributed by atoms with Gasteiger partial charge in [-0.25, -0.2) is 5.48 Å². The molecule has 2 N–H and O–H groups in total. The Morgan fingerprint density at radius 2 is 1.82 bits per heavy atom. The van der Waals surface area contributed by atoms with Crippen LogP contribution in [0.5, 0.6) is 0 Å². The number of rotatable bonds is 4. The predicted octanol–water partition coefficient (Wildman–Crippen LogP) is 5.04. The van der Waals surface area contributed by atoms with Crippen LogP contribution in [0, 0.1) is 0 Å². The fraction of sp³-hybridized carbons (Fsp3) is 0.286. The summed E-state index contributed by atoms with van der Waals surface area (Å²) in [5.74, 6) is -0.333. The molecular formula is C21H15Cl3F3N3O2S. The maximum absolute atomic E-state index is 14.3. The maximum Gasteiger partial charge on any atom is 0.400 e. The van der Waals surface area contributed by atoms with E-state index < -0.39 is 24.2 Å². The summed E-state index contributed by atoms with van der Waals surface area (Å²) in [4.78, 5) is 21.0. The maximum atomic E-state index is 14.3. The molecule has 2 aromatic carbocycles. The van der Waals surface area contributed by atoms with E-state index in [-0.39, 0.29) is 39.6 Å². The molecule has 1 amide bonds. The van der Waals surface area contributed by atoms with E-state index in [4.69, 9.17) is 51.9 Å². The summed E-state index contributed by atoms with van der Waals surface area (Å²) < 4.78 is 42.9. The van der Waals surface area contributed by atoms with Crippen molar-refractivity contribution in [1.82, 2.24) is 10.8 Å². The van der Waals surface area contributed by atoms with Crippen LogP contribution in [0.1, 0.15) is 23.1 Å². The number of hydroxylamine groups is 1. The minimum atomic E-state index is -4.60. The number of nitrogens with one attached hydrogen (secondary N) is 2. The molecule has 0 bridgehead atoms. The highest BCUT2D eigenvalue weighted by molar-refractivity contribution is 7.80. The summed E-state index contributed by atoms with van der Waals surface area (Å²) in [6, 6.07) is 8.37. The molecule has 1 fully saturated rings. The smallest absolute Gasteiger partial charge is 0.362 e. The molecule has 1 saturated heterocycles. The van der Waals surface area contributed by atoms with Crippen molar-refractivity contribution in [3.05, 3.63) is 68.2 Å². The van der Waals surface area contributed by atoms with Gasteiger partial charge in [-0.05, 0) is 23.3 Å². The molecule has 4 rings (SSSR count). The number of alkyl halides is 3. The van der Waals surface area contributed by atoms with Gasteiger partial charge in [-0.3, -0.25) is 14.6 Å². The molecule has 33 heavy (non-hydrogen) atoms. The van der Waals surface area contributed by atoms with Crippen molar-refractivity contribution in [3.63, 3.8) is 0 Å². The summed E-state index contributed by atoms with van der Waals surface area (Å²) in [6.45, 7) is -0.370. The quantitative estimate of drug-likeness (QED) is 0.425. The lowest BCUT2D eigenvalue weighted by molar-refractivity contribution is -0.183. The largest absolute Gasteiger partial charge is 0.400 e. The van der Waals surface area contributed by atoms with Crippen LogP contribution in [0.15, 0.2) is 41.4 Å². The van der Waals surface area contributed by atoms with Gasteiger partial charge in [0.15, 0.2) is 0 Å². The molecular weight excluding hydrogens is 522 g/mol. The molecule has 0 saturated carbocycles. The van der Waals surface area contributed by atoms with Crippen molar-refractivity contribution < 1.29 is 22.8 Å². The molecule has 12 heteroatoms. The van der Waals surface area contributed by atoms with E-state index in [1.54, 1.807) is 24.3 Å². The first-order chi connectivity index (χ1) is 15.5. The number of amides is 1. The first-order valence-electron chi connectivity index (χ1n) is 9.60. The van der Waals surface area contributed by atoms with Crippen LogP contribution in [0.25, 0.3) is 0 Å². The number of aliphatic imine (C=N–C) groups is 1. The molecule has 2 aliphatic rings. The van der Waals surface area contributed by atoms with Crippen molar-refractivity contribution in [3.8, 4) is 0 Å². The van der Waals surface area contributed by atoms with E-state index in [1.165, 1.54) is 12.1 Å². The van der Waals surface area contributed by atoms with Crippen molar-refractivity contribution in [2.24, 2.45) is 4.99 Å². The molecule has 0 aliphatic carbocycles. The lowest BCUT2D eigenvalue weighted by Crippen LogP contribution is -2.43. The van der Waals surface area contributed by atoms with Crippen LogP contribution in [0.3, 0.4) is 0 Å². The van der Waals surface area contributed by atoms with E-state index in [2.05, 4.69) is 15.8 Å². The van der Waals surface area contributed by atoms with E-state index in [9.17, 15) is 18.0 Å². The number of carbonyl (C=O) groups is 1. The predicted molar refractivity (Wildman–Crippen MR) is 124 cm³/mol. The average molecular weight is 537 g/mol. The van der Waals surface area contributed by atoms with Gasteiger partial charge < -0.3 is 5.32 Å². The minimum Gasteiger partial charge on any atom is -0.362 e. The molecule has 2 atom stereocenters. The number of hydrogen-bond donors (Lipinski definition) is 2. The third-order valence-electron chi connectivity index (χ3n) is 5.61. The van der Waals surface area contributed by atoms with Gasteiger partial charge in [-0.1, -0.05) is 71.3 Å². The lowest BCUT2D eigenvalue weighted by Gasteiger charge is -2.32. The molecule has 2 aliphatic heterocycles.